The fourth-order valence-electron chi connectivity index (χ4n) is 3.48. The third-order valence-corrected chi connectivity index (χ3v) is 5.43. The quantitative estimate of drug-likeness (QED) is 0.362. The minimum absolute atomic E-state index is 0.282. The number of rotatable bonds is 6. The zero-order valence-electron chi connectivity index (χ0n) is 16.8. The van der Waals surface area contributed by atoms with Crippen molar-refractivity contribution in [3.8, 4) is 11.5 Å². The maximum Gasteiger partial charge on any atom is 0.340 e. The molecule has 0 aliphatic carbocycles. The van der Waals surface area contributed by atoms with Gasteiger partial charge in [0.2, 0.25) is 0 Å². The zero-order chi connectivity index (χ0) is 21.1. The summed E-state index contributed by atoms with van der Waals surface area (Å²) in [5.41, 5.74) is 3.55. The summed E-state index contributed by atoms with van der Waals surface area (Å²) in [6.45, 7) is 2.20. The molecule has 3 aromatic carbocycles. The molecule has 152 valence electrons. The fourth-order valence-corrected chi connectivity index (χ4v) is 3.70. The average molecular weight is 421 g/mol. The van der Waals surface area contributed by atoms with Crippen LogP contribution >= 0.6 is 11.6 Å². The summed E-state index contributed by atoms with van der Waals surface area (Å²) in [7, 11) is 1.62. The summed E-state index contributed by atoms with van der Waals surface area (Å²) in [6, 6.07) is 20.9. The first kappa shape index (κ1) is 20.0. The van der Waals surface area contributed by atoms with E-state index in [0.29, 0.717) is 28.3 Å². The molecule has 0 aliphatic rings. The van der Waals surface area contributed by atoms with Crippen LogP contribution in [0.5, 0.6) is 11.5 Å². The summed E-state index contributed by atoms with van der Waals surface area (Å²) in [6.07, 6.45) is 0.509. The SMILES string of the molecule is COc1ccccc1COc1cc2oc(=O)c(Cc3ccccc3)c(C)c2cc1Cl. The Labute approximate surface area is 179 Å². The van der Waals surface area contributed by atoms with E-state index in [1.165, 1.54) is 0 Å². The highest BCUT2D eigenvalue weighted by atomic mass is 35.5. The second kappa shape index (κ2) is 8.64. The first-order chi connectivity index (χ1) is 14.6. The normalized spacial score (nSPS) is 10.9. The molecular formula is C25H21ClO4. The smallest absolute Gasteiger partial charge is 0.340 e. The Bertz CT molecular complexity index is 1250. The molecule has 0 bridgehead atoms. The van der Waals surface area contributed by atoms with Crippen LogP contribution in [0.4, 0.5) is 0 Å². The largest absolute Gasteiger partial charge is 0.496 e. The molecule has 0 aliphatic heterocycles. The van der Waals surface area contributed by atoms with Crippen LogP contribution in [-0.4, -0.2) is 7.11 Å². The summed E-state index contributed by atoms with van der Waals surface area (Å²) in [5, 5.41) is 1.26. The molecule has 0 unspecified atom stereocenters. The van der Waals surface area contributed by atoms with Crippen molar-refractivity contribution in [2.45, 2.75) is 20.0 Å². The van der Waals surface area contributed by atoms with E-state index in [1.54, 1.807) is 19.2 Å². The van der Waals surface area contributed by atoms with Crippen LogP contribution in [0.3, 0.4) is 0 Å². The molecule has 0 N–H and O–H groups in total. The highest BCUT2D eigenvalue weighted by molar-refractivity contribution is 6.32. The molecule has 0 amide bonds. The number of hydrogen-bond acceptors (Lipinski definition) is 4. The van der Waals surface area contributed by atoms with Crippen LogP contribution in [0.2, 0.25) is 5.02 Å². The van der Waals surface area contributed by atoms with Gasteiger partial charge in [0.05, 0.1) is 12.1 Å². The van der Waals surface area contributed by atoms with Crippen molar-refractivity contribution in [2.75, 3.05) is 7.11 Å². The molecule has 0 radical (unpaired) electrons. The van der Waals surface area contributed by atoms with Crippen molar-refractivity contribution in [3.63, 3.8) is 0 Å². The van der Waals surface area contributed by atoms with Gasteiger partial charge in [-0.05, 0) is 30.2 Å². The summed E-state index contributed by atoms with van der Waals surface area (Å²) in [5.74, 6) is 1.19. The van der Waals surface area contributed by atoms with E-state index in [-0.39, 0.29) is 12.2 Å². The number of fused-ring (bicyclic) bond motifs is 1. The highest BCUT2D eigenvalue weighted by Crippen LogP contribution is 2.33. The van der Waals surface area contributed by atoms with Gasteiger partial charge in [-0.1, -0.05) is 60.1 Å². The van der Waals surface area contributed by atoms with E-state index in [4.69, 9.17) is 25.5 Å². The number of methoxy groups -OCH3 is 1. The Balaban J connectivity index is 1.67. The number of hydrogen-bond donors (Lipinski definition) is 0. The van der Waals surface area contributed by atoms with Crippen molar-refractivity contribution in [3.05, 3.63) is 104 Å². The molecule has 0 saturated heterocycles. The summed E-state index contributed by atoms with van der Waals surface area (Å²) < 4.78 is 16.9. The Morgan fingerprint density at radius 2 is 1.70 bits per heavy atom. The fraction of sp³-hybridized carbons (Fsp3) is 0.160. The van der Waals surface area contributed by atoms with E-state index in [1.807, 2.05) is 61.5 Å². The predicted molar refractivity (Wildman–Crippen MR) is 119 cm³/mol. The molecule has 4 aromatic rings. The maximum atomic E-state index is 12.7. The number of ether oxygens (including phenoxy) is 2. The van der Waals surface area contributed by atoms with Gasteiger partial charge >= 0.3 is 5.63 Å². The van der Waals surface area contributed by atoms with E-state index >= 15 is 0 Å². The molecule has 4 rings (SSSR count). The van der Waals surface area contributed by atoms with Gasteiger partial charge in [-0.15, -0.1) is 0 Å². The molecule has 1 aromatic heterocycles. The second-order valence-corrected chi connectivity index (χ2v) is 7.44. The molecule has 4 nitrogen and oxygen atoms in total. The molecule has 0 atom stereocenters. The molecular weight excluding hydrogens is 400 g/mol. The van der Waals surface area contributed by atoms with Crippen molar-refractivity contribution < 1.29 is 13.9 Å². The third kappa shape index (κ3) is 4.05. The Morgan fingerprint density at radius 3 is 2.47 bits per heavy atom. The van der Waals surface area contributed by atoms with E-state index in [0.717, 1.165) is 27.8 Å². The summed E-state index contributed by atoms with van der Waals surface area (Å²) in [4.78, 5) is 12.7. The molecule has 1 heterocycles. The lowest BCUT2D eigenvalue weighted by molar-refractivity contribution is 0.297. The first-order valence-corrected chi connectivity index (χ1v) is 9.99. The molecule has 0 saturated carbocycles. The lowest BCUT2D eigenvalue weighted by atomic mass is 9.99. The highest BCUT2D eigenvalue weighted by Gasteiger charge is 2.15. The van der Waals surface area contributed by atoms with Crippen molar-refractivity contribution in [1.82, 2.24) is 0 Å². The predicted octanol–water partition coefficient (Wildman–Crippen LogP) is 5.93. The lowest BCUT2D eigenvalue weighted by Crippen LogP contribution is -2.11. The minimum atomic E-state index is -0.346. The topological polar surface area (TPSA) is 48.7 Å². The number of halogens is 1. The summed E-state index contributed by atoms with van der Waals surface area (Å²) >= 11 is 6.49. The number of benzene rings is 3. The van der Waals surface area contributed by atoms with Crippen molar-refractivity contribution in [1.29, 1.82) is 0 Å². The Hall–Kier alpha value is -3.24. The molecule has 30 heavy (non-hydrogen) atoms. The van der Waals surface area contributed by atoms with Crippen molar-refractivity contribution >= 4 is 22.6 Å². The van der Waals surface area contributed by atoms with Gasteiger partial charge in [-0.25, -0.2) is 4.79 Å². The van der Waals surface area contributed by atoms with Crippen LogP contribution in [-0.2, 0) is 13.0 Å². The Morgan fingerprint density at radius 1 is 0.967 bits per heavy atom. The van der Waals surface area contributed by atoms with Gasteiger partial charge in [-0.2, -0.15) is 0 Å². The monoisotopic (exact) mass is 420 g/mol. The number of para-hydroxylation sites is 1. The Kier molecular flexibility index (Phi) is 5.77. The van der Waals surface area contributed by atoms with Gasteiger partial charge in [0.1, 0.15) is 23.7 Å². The van der Waals surface area contributed by atoms with Crippen LogP contribution < -0.4 is 15.1 Å². The van der Waals surface area contributed by atoms with Gasteiger partial charge in [-0.3, -0.25) is 0 Å². The second-order valence-electron chi connectivity index (χ2n) is 7.03. The van der Waals surface area contributed by atoms with Gasteiger partial charge in [0.25, 0.3) is 0 Å². The average Bonchev–Trinajstić information content (AvgIpc) is 2.77. The van der Waals surface area contributed by atoms with Gasteiger partial charge < -0.3 is 13.9 Å². The van der Waals surface area contributed by atoms with E-state index in [9.17, 15) is 4.79 Å². The maximum absolute atomic E-state index is 12.7. The van der Waals surface area contributed by atoms with E-state index in [2.05, 4.69) is 0 Å². The van der Waals surface area contributed by atoms with Crippen LogP contribution in [0.1, 0.15) is 22.3 Å². The first-order valence-electron chi connectivity index (χ1n) is 9.61. The zero-order valence-corrected chi connectivity index (χ0v) is 17.5. The molecule has 5 heteroatoms. The molecule has 0 fully saturated rings. The number of aryl methyl sites for hydroxylation is 1. The lowest BCUT2D eigenvalue weighted by Gasteiger charge is -2.13. The van der Waals surface area contributed by atoms with Gasteiger partial charge in [0.15, 0.2) is 0 Å². The van der Waals surface area contributed by atoms with Crippen LogP contribution in [0.15, 0.2) is 75.9 Å². The van der Waals surface area contributed by atoms with Crippen molar-refractivity contribution in [2.24, 2.45) is 0 Å². The standard InChI is InChI=1S/C25H21ClO4/c1-16-19-13-21(26)24(29-15-18-10-6-7-11-22(18)28-2)14-23(19)30-25(27)20(16)12-17-8-4-3-5-9-17/h3-11,13-14H,12,15H2,1-2H3. The van der Waals surface area contributed by atoms with E-state index < -0.39 is 0 Å². The van der Waals surface area contributed by atoms with Crippen LogP contribution in [0, 0.1) is 6.92 Å². The third-order valence-electron chi connectivity index (χ3n) is 5.14. The minimum Gasteiger partial charge on any atom is -0.496 e. The molecule has 0 spiro atoms. The van der Waals surface area contributed by atoms with Gasteiger partial charge in [0, 0.05) is 29.0 Å². The van der Waals surface area contributed by atoms with Crippen LogP contribution in [0.25, 0.3) is 11.0 Å².